The third-order valence-electron chi connectivity index (χ3n) is 3.52. The lowest BCUT2D eigenvalue weighted by Gasteiger charge is -2.27. The van der Waals surface area contributed by atoms with Gasteiger partial charge in [-0.15, -0.1) is 11.8 Å². The second-order valence-corrected chi connectivity index (χ2v) is 6.92. The van der Waals surface area contributed by atoms with Crippen molar-refractivity contribution in [2.45, 2.75) is 36.1 Å². The van der Waals surface area contributed by atoms with E-state index in [-0.39, 0.29) is 18.3 Å². The molecule has 1 aliphatic rings. The summed E-state index contributed by atoms with van der Waals surface area (Å²) in [4.78, 5) is 12.8. The molecule has 0 aromatic heterocycles. The third-order valence-corrected chi connectivity index (χ3v) is 5.25. The van der Waals surface area contributed by atoms with Crippen molar-refractivity contribution in [3.05, 3.63) is 28.2 Å². The van der Waals surface area contributed by atoms with Crippen molar-refractivity contribution >= 4 is 40.9 Å². The Hall–Kier alpha value is -0.420. The van der Waals surface area contributed by atoms with Crippen molar-refractivity contribution in [3.8, 4) is 0 Å². The highest BCUT2D eigenvalue weighted by molar-refractivity contribution is 8.00. The Labute approximate surface area is 133 Å². The van der Waals surface area contributed by atoms with Crippen LogP contribution in [0.2, 0.25) is 10.0 Å². The number of hydrogen-bond acceptors (Lipinski definition) is 3. The van der Waals surface area contributed by atoms with Gasteiger partial charge in [0.15, 0.2) is 0 Å². The molecular weight excluding hydrogens is 317 g/mol. The summed E-state index contributed by atoms with van der Waals surface area (Å²) in [5.41, 5.74) is -0.421. The van der Waals surface area contributed by atoms with E-state index in [1.54, 1.807) is 18.2 Å². The van der Waals surface area contributed by atoms with Gasteiger partial charge in [-0.05, 0) is 31.0 Å². The van der Waals surface area contributed by atoms with Crippen LogP contribution in [0.4, 0.5) is 0 Å². The van der Waals surface area contributed by atoms with Crippen molar-refractivity contribution in [1.29, 1.82) is 0 Å². The van der Waals surface area contributed by atoms with E-state index >= 15 is 0 Å². The molecule has 110 valence electrons. The van der Waals surface area contributed by atoms with Gasteiger partial charge in [0.05, 0.1) is 22.9 Å². The van der Waals surface area contributed by atoms with E-state index < -0.39 is 5.54 Å². The number of rotatable bonds is 5. The van der Waals surface area contributed by atoms with Gasteiger partial charge in [0.25, 0.3) is 0 Å². The maximum Gasteiger partial charge on any atom is 0.230 e. The highest BCUT2D eigenvalue weighted by Crippen LogP contribution is 2.31. The normalized spacial score (nSPS) is 17.1. The molecule has 0 radical (unpaired) electrons. The molecule has 0 aliphatic heterocycles. The van der Waals surface area contributed by atoms with Crippen LogP contribution in [0.3, 0.4) is 0 Å². The van der Waals surface area contributed by atoms with Crippen LogP contribution in [-0.4, -0.2) is 28.9 Å². The number of aliphatic hydroxyl groups is 1. The summed E-state index contributed by atoms with van der Waals surface area (Å²) < 4.78 is 0. The number of hydrogen-bond donors (Lipinski definition) is 2. The number of aliphatic hydroxyl groups excluding tert-OH is 1. The Balaban J connectivity index is 1.90. The van der Waals surface area contributed by atoms with E-state index in [4.69, 9.17) is 23.2 Å². The largest absolute Gasteiger partial charge is 0.394 e. The highest BCUT2D eigenvalue weighted by Gasteiger charge is 2.34. The SMILES string of the molecule is O=C(CSc1cc(Cl)ccc1Cl)NC1(CO)CCCC1. The maximum absolute atomic E-state index is 12.0. The van der Waals surface area contributed by atoms with Gasteiger partial charge < -0.3 is 10.4 Å². The van der Waals surface area contributed by atoms with Crippen LogP contribution < -0.4 is 5.32 Å². The molecule has 1 fully saturated rings. The van der Waals surface area contributed by atoms with Gasteiger partial charge in [-0.25, -0.2) is 0 Å². The van der Waals surface area contributed by atoms with Crippen LogP contribution in [0, 0.1) is 0 Å². The molecule has 0 bridgehead atoms. The van der Waals surface area contributed by atoms with E-state index in [2.05, 4.69) is 5.32 Å². The Bertz CT molecular complexity index is 490. The fraction of sp³-hybridized carbons (Fsp3) is 0.500. The first kappa shape index (κ1) is 16.0. The van der Waals surface area contributed by atoms with Gasteiger partial charge in [0.2, 0.25) is 5.91 Å². The molecular formula is C14H17Cl2NO2S. The van der Waals surface area contributed by atoms with Gasteiger partial charge in [-0.1, -0.05) is 36.0 Å². The standard InChI is InChI=1S/C14H17Cl2NO2S/c15-10-3-4-11(16)12(7-10)20-8-13(19)17-14(9-18)5-1-2-6-14/h3-4,7,18H,1-2,5-6,8-9H2,(H,17,19). The molecule has 0 heterocycles. The maximum atomic E-state index is 12.0. The van der Waals surface area contributed by atoms with Gasteiger partial charge >= 0.3 is 0 Å². The molecule has 0 spiro atoms. The van der Waals surface area contributed by atoms with E-state index in [0.29, 0.717) is 10.0 Å². The van der Waals surface area contributed by atoms with E-state index in [9.17, 15) is 9.90 Å². The van der Waals surface area contributed by atoms with Crippen molar-refractivity contribution in [1.82, 2.24) is 5.32 Å². The minimum Gasteiger partial charge on any atom is -0.394 e. The summed E-state index contributed by atoms with van der Waals surface area (Å²) in [7, 11) is 0. The third kappa shape index (κ3) is 4.04. The van der Waals surface area contributed by atoms with Gasteiger partial charge in [0, 0.05) is 9.92 Å². The number of halogens is 2. The van der Waals surface area contributed by atoms with Crippen LogP contribution in [0.25, 0.3) is 0 Å². The zero-order valence-corrected chi connectivity index (χ0v) is 13.3. The monoisotopic (exact) mass is 333 g/mol. The van der Waals surface area contributed by atoms with Crippen LogP contribution >= 0.6 is 35.0 Å². The molecule has 3 nitrogen and oxygen atoms in total. The predicted octanol–water partition coefficient (Wildman–Crippen LogP) is 3.51. The Kier molecular flexibility index (Phi) is 5.61. The molecule has 1 saturated carbocycles. The summed E-state index contributed by atoms with van der Waals surface area (Å²) in [5.74, 6) is 0.184. The predicted molar refractivity (Wildman–Crippen MR) is 83.6 cm³/mol. The first-order chi connectivity index (χ1) is 9.54. The molecule has 1 amide bonds. The molecule has 0 saturated heterocycles. The molecule has 20 heavy (non-hydrogen) atoms. The Morgan fingerprint density at radius 1 is 1.35 bits per heavy atom. The number of amides is 1. The summed E-state index contributed by atoms with van der Waals surface area (Å²) in [6.07, 6.45) is 3.79. The molecule has 2 N–H and O–H groups in total. The summed E-state index contributed by atoms with van der Waals surface area (Å²) in [5, 5.41) is 13.6. The molecule has 1 aliphatic carbocycles. The average molecular weight is 334 g/mol. The Morgan fingerprint density at radius 2 is 2.05 bits per heavy atom. The van der Waals surface area contributed by atoms with Gasteiger partial charge in [0.1, 0.15) is 0 Å². The molecule has 6 heteroatoms. The second-order valence-electron chi connectivity index (χ2n) is 5.06. The molecule has 1 aromatic rings. The zero-order valence-electron chi connectivity index (χ0n) is 11.0. The average Bonchev–Trinajstić information content (AvgIpc) is 2.89. The fourth-order valence-electron chi connectivity index (χ4n) is 2.44. The molecule has 1 aromatic carbocycles. The molecule has 2 rings (SSSR count). The van der Waals surface area contributed by atoms with Crippen LogP contribution in [0.5, 0.6) is 0 Å². The number of benzene rings is 1. The zero-order chi connectivity index (χ0) is 14.6. The molecule has 0 unspecified atom stereocenters. The van der Waals surface area contributed by atoms with E-state index in [0.717, 1.165) is 30.6 Å². The smallest absolute Gasteiger partial charge is 0.230 e. The lowest BCUT2D eigenvalue weighted by Crippen LogP contribution is -2.49. The first-order valence-corrected chi connectivity index (χ1v) is 8.28. The molecule has 0 atom stereocenters. The van der Waals surface area contributed by atoms with Crippen LogP contribution in [-0.2, 0) is 4.79 Å². The number of carbonyl (C=O) groups excluding carboxylic acids is 1. The summed E-state index contributed by atoms with van der Waals surface area (Å²) in [6.45, 7) is 0.00132. The minimum atomic E-state index is -0.421. The number of thioether (sulfide) groups is 1. The first-order valence-electron chi connectivity index (χ1n) is 6.54. The van der Waals surface area contributed by atoms with Crippen LogP contribution in [0.15, 0.2) is 23.1 Å². The number of carbonyl (C=O) groups is 1. The fourth-order valence-corrected chi connectivity index (χ4v) is 3.73. The lowest BCUT2D eigenvalue weighted by atomic mass is 9.99. The second kappa shape index (κ2) is 7.03. The summed E-state index contributed by atoms with van der Waals surface area (Å²) in [6, 6.07) is 5.18. The van der Waals surface area contributed by atoms with Crippen LogP contribution in [0.1, 0.15) is 25.7 Å². The van der Waals surface area contributed by atoms with Gasteiger partial charge in [-0.2, -0.15) is 0 Å². The van der Waals surface area contributed by atoms with Gasteiger partial charge in [-0.3, -0.25) is 4.79 Å². The quantitative estimate of drug-likeness (QED) is 0.810. The van der Waals surface area contributed by atoms with Crippen molar-refractivity contribution in [3.63, 3.8) is 0 Å². The minimum absolute atomic E-state index is 0.00132. The number of nitrogens with one attached hydrogen (secondary N) is 1. The van der Waals surface area contributed by atoms with Crippen molar-refractivity contribution in [2.24, 2.45) is 0 Å². The summed E-state index contributed by atoms with van der Waals surface area (Å²) >= 11 is 13.3. The van der Waals surface area contributed by atoms with Crippen molar-refractivity contribution in [2.75, 3.05) is 12.4 Å². The Morgan fingerprint density at radius 3 is 2.70 bits per heavy atom. The van der Waals surface area contributed by atoms with E-state index in [1.165, 1.54) is 11.8 Å². The highest BCUT2D eigenvalue weighted by atomic mass is 35.5. The topological polar surface area (TPSA) is 49.3 Å². The van der Waals surface area contributed by atoms with Crippen molar-refractivity contribution < 1.29 is 9.90 Å². The lowest BCUT2D eigenvalue weighted by molar-refractivity contribution is -0.121. The van der Waals surface area contributed by atoms with E-state index in [1.807, 2.05) is 0 Å².